The van der Waals surface area contributed by atoms with Gasteiger partial charge in [-0.2, -0.15) is 5.10 Å². The molecule has 0 saturated heterocycles. The highest BCUT2D eigenvalue weighted by atomic mass is 32.2. The van der Waals surface area contributed by atoms with Gasteiger partial charge in [0, 0.05) is 11.6 Å². The van der Waals surface area contributed by atoms with Gasteiger partial charge in [-0.3, -0.25) is 15.5 Å². The summed E-state index contributed by atoms with van der Waals surface area (Å²) < 4.78 is 28.2. The molecule has 3 aromatic carbocycles. The summed E-state index contributed by atoms with van der Waals surface area (Å²) in [5.41, 5.74) is 2.82. The SMILES string of the molecule is COc1ccc2ccccc2c1/C=N/Nc1ccc(S(N)(=O)=O)cc1[N+](=O)[O-]. The molecule has 10 heteroatoms. The molecule has 3 aromatic rings. The normalized spacial score (nSPS) is 11.6. The van der Waals surface area contributed by atoms with Crippen LogP contribution in [0.3, 0.4) is 0 Å². The molecular weight excluding hydrogens is 384 g/mol. The number of methoxy groups -OCH3 is 1. The van der Waals surface area contributed by atoms with E-state index < -0.39 is 20.6 Å². The number of nitro benzene ring substituents is 1. The summed E-state index contributed by atoms with van der Waals surface area (Å²) in [6.45, 7) is 0. The van der Waals surface area contributed by atoms with Crippen molar-refractivity contribution in [3.8, 4) is 5.75 Å². The van der Waals surface area contributed by atoms with Crippen LogP contribution in [0.25, 0.3) is 10.8 Å². The highest BCUT2D eigenvalue weighted by Gasteiger charge is 2.18. The maximum absolute atomic E-state index is 11.4. The number of benzene rings is 3. The van der Waals surface area contributed by atoms with Gasteiger partial charge in [0.25, 0.3) is 5.69 Å². The molecule has 0 unspecified atom stereocenters. The summed E-state index contributed by atoms with van der Waals surface area (Å²) in [6.07, 6.45) is 1.48. The zero-order valence-electron chi connectivity index (χ0n) is 14.7. The van der Waals surface area contributed by atoms with E-state index in [1.165, 1.54) is 25.5 Å². The number of hydrazone groups is 1. The van der Waals surface area contributed by atoms with Crippen LogP contribution in [0, 0.1) is 10.1 Å². The quantitative estimate of drug-likeness (QED) is 0.371. The molecule has 9 nitrogen and oxygen atoms in total. The van der Waals surface area contributed by atoms with E-state index >= 15 is 0 Å². The Morgan fingerprint density at radius 2 is 1.93 bits per heavy atom. The average molecular weight is 400 g/mol. The number of fused-ring (bicyclic) bond motifs is 1. The van der Waals surface area contributed by atoms with Crippen LogP contribution in [0.5, 0.6) is 5.75 Å². The molecule has 0 saturated carbocycles. The first-order valence-electron chi connectivity index (χ1n) is 7.97. The van der Waals surface area contributed by atoms with Crippen molar-refractivity contribution in [2.75, 3.05) is 12.5 Å². The number of sulfonamides is 1. The number of anilines is 1. The first-order chi connectivity index (χ1) is 13.3. The molecule has 28 heavy (non-hydrogen) atoms. The van der Waals surface area contributed by atoms with E-state index in [1.807, 2.05) is 30.3 Å². The van der Waals surface area contributed by atoms with Crippen LogP contribution >= 0.6 is 0 Å². The van der Waals surface area contributed by atoms with E-state index in [1.54, 1.807) is 6.07 Å². The van der Waals surface area contributed by atoms with Gasteiger partial charge in [0.05, 0.1) is 23.1 Å². The number of rotatable bonds is 6. The first-order valence-corrected chi connectivity index (χ1v) is 9.52. The maximum atomic E-state index is 11.4. The highest BCUT2D eigenvalue weighted by molar-refractivity contribution is 7.89. The lowest BCUT2D eigenvalue weighted by Gasteiger charge is -2.09. The lowest BCUT2D eigenvalue weighted by atomic mass is 10.0. The van der Waals surface area contributed by atoms with Gasteiger partial charge in [-0.1, -0.05) is 30.3 Å². The van der Waals surface area contributed by atoms with Gasteiger partial charge in [0.1, 0.15) is 11.4 Å². The fourth-order valence-electron chi connectivity index (χ4n) is 2.69. The number of nitrogens with zero attached hydrogens (tertiary/aromatic N) is 2. The van der Waals surface area contributed by atoms with E-state index in [9.17, 15) is 18.5 Å². The Labute approximate surface area is 160 Å². The molecule has 0 aromatic heterocycles. The number of hydrogen-bond acceptors (Lipinski definition) is 7. The number of nitrogens with one attached hydrogen (secondary N) is 1. The number of hydrogen-bond donors (Lipinski definition) is 2. The van der Waals surface area contributed by atoms with E-state index in [0.29, 0.717) is 11.3 Å². The third-order valence-corrected chi connectivity index (χ3v) is 4.93. The molecule has 3 N–H and O–H groups in total. The molecule has 3 rings (SSSR count). The molecule has 144 valence electrons. The molecule has 0 aliphatic rings. The van der Waals surface area contributed by atoms with E-state index in [4.69, 9.17) is 9.88 Å². The van der Waals surface area contributed by atoms with Crippen LogP contribution in [0.15, 0.2) is 64.6 Å². The number of ether oxygens (including phenoxy) is 1. The molecule has 0 fully saturated rings. The van der Waals surface area contributed by atoms with Crippen molar-refractivity contribution in [3.63, 3.8) is 0 Å². The molecule has 0 bridgehead atoms. The second kappa shape index (κ2) is 7.62. The number of nitro groups is 1. The third-order valence-electron chi connectivity index (χ3n) is 4.02. The number of nitrogens with two attached hydrogens (primary N) is 1. The van der Waals surface area contributed by atoms with Gasteiger partial charge in [-0.25, -0.2) is 13.6 Å². The first kappa shape index (κ1) is 19.3. The van der Waals surface area contributed by atoms with E-state index in [0.717, 1.165) is 16.8 Å². The third kappa shape index (κ3) is 3.92. The molecule has 0 amide bonds. The minimum atomic E-state index is -4.06. The lowest BCUT2D eigenvalue weighted by Crippen LogP contribution is -2.12. The summed E-state index contributed by atoms with van der Waals surface area (Å²) in [7, 11) is -2.53. The molecule has 0 spiro atoms. The molecule has 0 radical (unpaired) electrons. The Bertz CT molecular complexity index is 1190. The molecular formula is C18H16N4O5S. The summed E-state index contributed by atoms with van der Waals surface area (Å²) >= 11 is 0. The van der Waals surface area contributed by atoms with E-state index in [2.05, 4.69) is 10.5 Å². The maximum Gasteiger partial charge on any atom is 0.295 e. The van der Waals surface area contributed by atoms with Crippen molar-refractivity contribution in [2.45, 2.75) is 4.90 Å². The molecule has 0 aliphatic carbocycles. The minimum absolute atomic E-state index is 0.0212. The molecule has 0 aliphatic heterocycles. The smallest absolute Gasteiger partial charge is 0.295 e. The van der Waals surface area contributed by atoms with Gasteiger partial charge in [0.2, 0.25) is 10.0 Å². The van der Waals surface area contributed by atoms with Crippen LogP contribution in [-0.2, 0) is 10.0 Å². The van der Waals surface area contributed by atoms with Crippen molar-refractivity contribution in [1.82, 2.24) is 0 Å². The van der Waals surface area contributed by atoms with Crippen LogP contribution in [0.2, 0.25) is 0 Å². The van der Waals surface area contributed by atoms with Gasteiger partial charge >= 0.3 is 0 Å². The Morgan fingerprint density at radius 3 is 2.61 bits per heavy atom. The highest BCUT2D eigenvalue weighted by Crippen LogP contribution is 2.28. The zero-order valence-corrected chi connectivity index (χ0v) is 15.5. The van der Waals surface area contributed by atoms with Gasteiger partial charge < -0.3 is 4.74 Å². The van der Waals surface area contributed by atoms with E-state index in [-0.39, 0.29) is 10.6 Å². The van der Waals surface area contributed by atoms with Crippen molar-refractivity contribution in [3.05, 3.63) is 70.3 Å². The second-order valence-electron chi connectivity index (χ2n) is 5.75. The van der Waals surface area contributed by atoms with Crippen molar-refractivity contribution < 1.29 is 18.1 Å². The Morgan fingerprint density at radius 1 is 1.18 bits per heavy atom. The van der Waals surface area contributed by atoms with Crippen molar-refractivity contribution in [1.29, 1.82) is 0 Å². The fraction of sp³-hybridized carbons (Fsp3) is 0.0556. The van der Waals surface area contributed by atoms with Crippen molar-refractivity contribution in [2.24, 2.45) is 10.2 Å². The topological polar surface area (TPSA) is 137 Å². The minimum Gasteiger partial charge on any atom is -0.496 e. The van der Waals surface area contributed by atoms with Crippen LogP contribution < -0.4 is 15.3 Å². The summed E-state index contributed by atoms with van der Waals surface area (Å²) in [4.78, 5) is 10.2. The van der Waals surface area contributed by atoms with Crippen LogP contribution in [-0.4, -0.2) is 26.7 Å². The number of primary sulfonamides is 1. The average Bonchev–Trinajstić information content (AvgIpc) is 2.67. The Hall–Kier alpha value is -3.50. The largest absolute Gasteiger partial charge is 0.496 e. The Kier molecular flexibility index (Phi) is 5.25. The summed E-state index contributed by atoms with van der Waals surface area (Å²) in [6, 6.07) is 14.6. The predicted octanol–water partition coefficient (Wildman–Crippen LogP) is 2.85. The van der Waals surface area contributed by atoms with Gasteiger partial charge in [0.15, 0.2) is 0 Å². The Balaban J connectivity index is 1.98. The van der Waals surface area contributed by atoms with Crippen LogP contribution in [0.1, 0.15) is 5.56 Å². The molecule has 0 atom stereocenters. The summed E-state index contributed by atoms with van der Waals surface area (Å²) in [5.74, 6) is 0.586. The second-order valence-corrected chi connectivity index (χ2v) is 7.32. The standard InChI is InChI=1S/C18H16N4O5S/c1-27-18-9-6-12-4-2-3-5-14(12)15(18)11-20-21-16-8-7-13(28(19,25)26)10-17(16)22(23)24/h2-11,21H,1H3,(H2,19,25,26)/b20-11+. The van der Waals surface area contributed by atoms with Gasteiger partial charge in [-0.15, -0.1) is 0 Å². The van der Waals surface area contributed by atoms with Gasteiger partial charge in [-0.05, 0) is 29.0 Å². The van der Waals surface area contributed by atoms with Crippen molar-refractivity contribution >= 4 is 38.4 Å². The predicted molar refractivity (Wildman–Crippen MR) is 106 cm³/mol. The monoisotopic (exact) mass is 400 g/mol. The zero-order chi connectivity index (χ0) is 20.3. The van der Waals surface area contributed by atoms with Crippen LogP contribution in [0.4, 0.5) is 11.4 Å². The molecule has 0 heterocycles. The summed E-state index contributed by atoms with van der Waals surface area (Å²) in [5, 5.41) is 22.2. The fourth-order valence-corrected chi connectivity index (χ4v) is 3.22. The lowest BCUT2D eigenvalue weighted by molar-refractivity contribution is -0.384.